The van der Waals surface area contributed by atoms with Crippen LogP contribution in [-0.4, -0.2) is 12.7 Å². The third kappa shape index (κ3) is 2.97. The quantitative estimate of drug-likeness (QED) is 0.885. The lowest BCUT2D eigenvalue weighted by Gasteiger charge is -2.36. The molecule has 0 amide bonds. The van der Waals surface area contributed by atoms with Crippen molar-refractivity contribution in [2.24, 2.45) is 11.7 Å². The van der Waals surface area contributed by atoms with Gasteiger partial charge in [0.25, 0.3) is 0 Å². The van der Waals surface area contributed by atoms with Crippen molar-refractivity contribution in [1.82, 2.24) is 0 Å². The molecule has 2 N–H and O–H groups in total. The molecule has 1 saturated carbocycles. The van der Waals surface area contributed by atoms with Crippen LogP contribution in [0.2, 0.25) is 0 Å². The number of ether oxygens (including phenoxy) is 1. The average Bonchev–Trinajstić information content (AvgIpc) is 2.45. The van der Waals surface area contributed by atoms with E-state index in [9.17, 15) is 0 Å². The molecule has 0 radical (unpaired) electrons. The van der Waals surface area contributed by atoms with Crippen molar-refractivity contribution in [2.45, 2.75) is 45.3 Å². The van der Waals surface area contributed by atoms with Gasteiger partial charge in [0.15, 0.2) is 0 Å². The Bertz CT molecular complexity index is 616. The summed E-state index contributed by atoms with van der Waals surface area (Å²) < 4.78 is 5.64. The lowest BCUT2D eigenvalue weighted by Crippen LogP contribution is -2.33. The topological polar surface area (TPSA) is 35.2 Å². The summed E-state index contributed by atoms with van der Waals surface area (Å²) >= 11 is 0. The van der Waals surface area contributed by atoms with Gasteiger partial charge in [0.2, 0.25) is 0 Å². The standard InChI is InChI=1S/C19H25NO/c1-3-21-15-10-14(11-15)12-19(20)18-9-8-13(2)16-6-4-5-7-17(16)18/h4-9,14-15,19H,3,10-12,20H2,1-2H3. The summed E-state index contributed by atoms with van der Waals surface area (Å²) in [6.07, 6.45) is 3.88. The molecule has 1 atom stereocenters. The maximum absolute atomic E-state index is 6.50. The molecule has 0 aromatic heterocycles. The lowest BCUT2D eigenvalue weighted by molar-refractivity contribution is -0.0281. The Kier molecular flexibility index (Phi) is 4.27. The van der Waals surface area contributed by atoms with E-state index in [-0.39, 0.29) is 6.04 Å². The first-order valence-electron chi connectivity index (χ1n) is 8.04. The van der Waals surface area contributed by atoms with E-state index in [1.807, 2.05) is 0 Å². The predicted octanol–water partition coefficient (Wildman–Crippen LogP) is 4.35. The molecule has 0 heterocycles. The van der Waals surface area contributed by atoms with Crippen LogP contribution in [0.4, 0.5) is 0 Å². The molecular weight excluding hydrogens is 258 g/mol. The minimum Gasteiger partial charge on any atom is -0.378 e. The Morgan fingerprint density at radius 1 is 1.14 bits per heavy atom. The molecule has 0 bridgehead atoms. The van der Waals surface area contributed by atoms with Crippen molar-refractivity contribution in [2.75, 3.05) is 6.61 Å². The largest absolute Gasteiger partial charge is 0.378 e. The SMILES string of the molecule is CCOC1CC(CC(N)c2ccc(C)c3ccccc23)C1. The molecule has 112 valence electrons. The van der Waals surface area contributed by atoms with E-state index in [1.54, 1.807) is 0 Å². The highest BCUT2D eigenvalue weighted by molar-refractivity contribution is 5.88. The third-order valence-electron chi connectivity index (χ3n) is 4.76. The normalized spacial score (nSPS) is 23.0. The highest BCUT2D eigenvalue weighted by Crippen LogP contribution is 2.37. The minimum atomic E-state index is 0.128. The van der Waals surface area contributed by atoms with Gasteiger partial charge in [0, 0.05) is 12.6 Å². The van der Waals surface area contributed by atoms with Crippen molar-refractivity contribution in [3.63, 3.8) is 0 Å². The number of hydrogen-bond acceptors (Lipinski definition) is 2. The Labute approximate surface area is 127 Å². The van der Waals surface area contributed by atoms with Gasteiger partial charge in [-0.05, 0) is 60.9 Å². The number of rotatable bonds is 5. The number of fused-ring (bicyclic) bond motifs is 1. The molecule has 2 aromatic carbocycles. The first-order chi connectivity index (χ1) is 10.2. The van der Waals surface area contributed by atoms with Crippen LogP contribution in [0.15, 0.2) is 36.4 Å². The van der Waals surface area contributed by atoms with Crippen LogP contribution in [0.3, 0.4) is 0 Å². The zero-order chi connectivity index (χ0) is 14.8. The molecule has 0 aliphatic heterocycles. The summed E-state index contributed by atoms with van der Waals surface area (Å²) in [5.41, 5.74) is 9.11. The van der Waals surface area contributed by atoms with Crippen LogP contribution < -0.4 is 5.73 Å². The first-order valence-corrected chi connectivity index (χ1v) is 8.04. The number of nitrogens with two attached hydrogens (primary N) is 1. The molecule has 3 rings (SSSR count). The van der Waals surface area contributed by atoms with Crippen LogP contribution in [0.25, 0.3) is 10.8 Å². The Morgan fingerprint density at radius 2 is 1.86 bits per heavy atom. The number of hydrogen-bond donors (Lipinski definition) is 1. The van der Waals surface area contributed by atoms with Gasteiger partial charge in [-0.3, -0.25) is 0 Å². The second-order valence-electron chi connectivity index (χ2n) is 6.27. The van der Waals surface area contributed by atoms with E-state index in [2.05, 4.69) is 50.2 Å². The zero-order valence-corrected chi connectivity index (χ0v) is 13.0. The van der Waals surface area contributed by atoms with Gasteiger partial charge >= 0.3 is 0 Å². The molecule has 1 aliphatic carbocycles. The predicted molar refractivity (Wildman–Crippen MR) is 88.4 cm³/mol. The lowest BCUT2D eigenvalue weighted by atomic mass is 9.77. The fourth-order valence-electron chi connectivity index (χ4n) is 3.52. The van der Waals surface area contributed by atoms with E-state index in [1.165, 1.54) is 34.7 Å². The highest BCUT2D eigenvalue weighted by atomic mass is 16.5. The van der Waals surface area contributed by atoms with E-state index < -0.39 is 0 Å². The van der Waals surface area contributed by atoms with Crippen molar-refractivity contribution in [3.05, 3.63) is 47.5 Å². The fraction of sp³-hybridized carbons (Fsp3) is 0.474. The van der Waals surface area contributed by atoms with Crippen molar-refractivity contribution >= 4 is 10.8 Å². The van der Waals surface area contributed by atoms with E-state index in [0.717, 1.165) is 18.9 Å². The van der Waals surface area contributed by atoms with E-state index >= 15 is 0 Å². The van der Waals surface area contributed by atoms with Gasteiger partial charge in [0.05, 0.1) is 6.10 Å². The molecule has 2 heteroatoms. The van der Waals surface area contributed by atoms with Crippen LogP contribution in [-0.2, 0) is 4.74 Å². The zero-order valence-electron chi connectivity index (χ0n) is 13.0. The fourth-order valence-corrected chi connectivity index (χ4v) is 3.52. The van der Waals surface area contributed by atoms with Gasteiger partial charge in [-0.25, -0.2) is 0 Å². The second kappa shape index (κ2) is 6.17. The van der Waals surface area contributed by atoms with Crippen molar-refractivity contribution in [1.29, 1.82) is 0 Å². The first kappa shape index (κ1) is 14.6. The second-order valence-corrected chi connectivity index (χ2v) is 6.27. The highest BCUT2D eigenvalue weighted by Gasteiger charge is 2.31. The molecule has 1 fully saturated rings. The van der Waals surface area contributed by atoms with Crippen LogP contribution in [0.1, 0.15) is 43.4 Å². The van der Waals surface area contributed by atoms with Gasteiger partial charge < -0.3 is 10.5 Å². The molecule has 2 nitrogen and oxygen atoms in total. The van der Waals surface area contributed by atoms with Gasteiger partial charge in [-0.2, -0.15) is 0 Å². The maximum Gasteiger partial charge on any atom is 0.0580 e. The molecule has 1 unspecified atom stereocenters. The summed E-state index contributed by atoms with van der Waals surface area (Å²) in [4.78, 5) is 0. The van der Waals surface area contributed by atoms with Crippen LogP contribution in [0, 0.1) is 12.8 Å². The molecule has 21 heavy (non-hydrogen) atoms. The Hall–Kier alpha value is -1.38. The Balaban J connectivity index is 1.74. The third-order valence-corrected chi connectivity index (χ3v) is 4.76. The number of aryl methyl sites for hydroxylation is 1. The summed E-state index contributed by atoms with van der Waals surface area (Å²) in [7, 11) is 0. The summed E-state index contributed by atoms with van der Waals surface area (Å²) in [6.45, 7) is 5.06. The van der Waals surface area contributed by atoms with Crippen LogP contribution >= 0.6 is 0 Å². The number of benzene rings is 2. The minimum absolute atomic E-state index is 0.128. The maximum atomic E-state index is 6.50. The van der Waals surface area contributed by atoms with Crippen LogP contribution in [0.5, 0.6) is 0 Å². The summed E-state index contributed by atoms with van der Waals surface area (Å²) in [6, 6.07) is 13.1. The summed E-state index contributed by atoms with van der Waals surface area (Å²) in [5.74, 6) is 0.719. The molecular formula is C19H25NO. The van der Waals surface area contributed by atoms with Crippen molar-refractivity contribution in [3.8, 4) is 0 Å². The smallest absolute Gasteiger partial charge is 0.0580 e. The average molecular weight is 283 g/mol. The van der Waals surface area contributed by atoms with Gasteiger partial charge in [-0.1, -0.05) is 36.4 Å². The molecule has 0 saturated heterocycles. The van der Waals surface area contributed by atoms with Gasteiger partial charge in [0.1, 0.15) is 0 Å². The molecule has 1 aliphatic rings. The Morgan fingerprint density at radius 3 is 2.57 bits per heavy atom. The monoisotopic (exact) mass is 283 g/mol. The molecule has 0 spiro atoms. The van der Waals surface area contributed by atoms with E-state index in [0.29, 0.717) is 6.10 Å². The summed E-state index contributed by atoms with van der Waals surface area (Å²) in [5, 5.41) is 2.64. The van der Waals surface area contributed by atoms with Gasteiger partial charge in [-0.15, -0.1) is 0 Å². The van der Waals surface area contributed by atoms with E-state index in [4.69, 9.17) is 10.5 Å². The van der Waals surface area contributed by atoms with Crippen molar-refractivity contribution < 1.29 is 4.74 Å². The molecule has 2 aromatic rings.